The van der Waals surface area contributed by atoms with Crippen molar-refractivity contribution in [3.63, 3.8) is 0 Å². The molecular formula is C14H15N5O2S. The number of carbonyl (C=O) groups is 1. The summed E-state index contributed by atoms with van der Waals surface area (Å²) in [6.45, 7) is 2.23. The molecule has 0 spiro atoms. The van der Waals surface area contributed by atoms with Crippen molar-refractivity contribution >= 4 is 22.2 Å². The van der Waals surface area contributed by atoms with E-state index in [2.05, 4.69) is 20.6 Å². The van der Waals surface area contributed by atoms with Crippen LogP contribution in [-0.2, 0) is 17.8 Å². The Balaban J connectivity index is 1.57. The van der Waals surface area contributed by atoms with Gasteiger partial charge in [0.15, 0.2) is 5.82 Å². The minimum Gasteiger partial charge on any atom is -0.497 e. The van der Waals surface area contributed by atoms with Crippen LogP contribution in [0.2, 0.25) is 0 Å². The summed E-state index contributed by atoms with van der Waals surface area (Å²) in [6.07, 6.45) is 0.326. The molecule has 0 fully saturated rings. The van der Waals surface area contributed by atoms with Gasteiger partial charge in [-0.3, -0.25) is 4.79 Å². The molecule has 7 nitrogen and oxygen atoms in total. The molecule has 0 aliphatic rings. The number of aryl methyl sites for hydroxylation is 1. The summed E-state index contributed by atoms with van der Waals surface area (Å²) in [6, 6.07) is 7.44. The summed E-state index contributed by atoms with van der Waals surface area (Å²) in [4.78, 5) is 12.7. The van der Waals surface area contributed by atoms with E-state index in [1.54, 1.807) is 11.6 Å². The third kappa shape index (κ3) is 3.06. The number of benzene rings is 1. The molecule has 0 aliphatic heterocycles. The number of carbonyl (C=O) groups excluding carboxylic acids is 1. The minimum atomic E-state index is -0.0483. The van der Waals surface area contributed by atoms with Crippen LogP contribution in [-0.4, -0.2) is 32.8 Å². The smallest absolute Gasteiger partial charge is 0.234 e. The van der Waals surface area contributed by atoms with E-state index in [0.717, 1.165) is 27.1 Å². The number of rotatable bonds is 5. The normalized spacial score (nSPS) is 10.8. The van der Waals surface area contributed by atoms with Crippen LogP contribution in [0.4, 0.5) is 0 Å². The molecule has 1 aromatic carbocycles. The third-order valence-corrected chi connectivity index (χ3v) is 4.05. The molecule has 3 rings (SSSR count). The van der Waals surface area contributed by atoms with Gasteiger partial charge in [0, 0.05) is 0 Å². The Morgan fingerprint density at radius 3 is 2.77 bits per heavy atom. The summed E-state index contributed by atoms with van der Waals surface area (Å²) < 4.78 is 6.77. The van der Waals surface area contributed by atoms with Crippen LogP contribution in [0.1, 0.15) is 16.4 Å². The van der Waals surface area contributed by atoms with Crippen molar-refractivity contribution in [2.24, 2.45) is 0 Å². The molecule has 0 unspecified atom stereocenters. The van der Waals surface area contributed by atoms with Gasteiger partial charge in [-0.1, -0.05) is 23.5 Å². The van der Waals surface area contributed by atoms with E-state index in [1.807, 2.05) is 31.2 Å². The topological polar surface area (TPSA) is 81.4 Å². The summed E-state index contributed by atoms with van der Waals surface area (Å²) >= 11 is 1.42. The van der Waals surface area contributed by atoms with E-state index in [4.69, 9.17) is 4.74 Å². The summed E-state index contributed by atoms with van der Waals surface area (Å²) in [5.41, 5.74) is 0.937. The predicted molar refractivity (Wildman–Crippen MR) is 81.9 cm³/mol. The van der Waals surface area contributed by atoms with Gasteiger partial charge in [0.2, 0.25) is 10.9 Å². The quantitative estimate of drug-likeness (QED) is 0.768. The minimum absolute atomic E-state index is 0.0483. The number of nitrogens with zero attached hydrogens (tertiary/aromatic N) is 4. The average molecular weight is 317 g/mol. The Bertz CT molecular complexity index is 793. The Kier molecular flexibility index (Phi) is 4.01. The highest BCUT2D eigenvalue weighted by Crippen LogP contribution is 2.14. The highest BCUT2D eigenvalue weighted by molar-refractivity contribution is 7.16. The van der Waals surface area contributed by atoms with Gasteiger partial charge in [-0.2, -0.15) is 9.61 Å². The fourth-order valence-corrected chi connectivity index (χ4v) is 2.81. The fourth-order valence-electron chi connectivity index (χ4n) is 1.99. The lowest BCUT2D eigenvalue weighted by Gasteiger charge is -2.04. The second kappa shape index (κ2) is 6.10. The molecule has 0 aliphatic carbocycles. The Labute approximate surface area is 130 Å². The Morgan fingerprint density at radius 2 is 2.09 bits per heavy atom. The van der Waals surface area contributed by atoms with Gasteiger partial charge in [-0.15, -0.1) is 10.2 Å². The molecule has 1 amide bonds. The molecule has 22 heavy (non-hydrogen) atoms. The van der Waals surface area contributed by atoms with Crippen LogP contribution in [0, 0.1) is 6.92 Å². The summed E-state index contributed by atoms with van der Waals surface area (Å²) in [7, 11) is 1.61. The first kappa shape index (κ1) is 14.5. The lowest BCUT2D eigenvalue weighted by atomic mass is 10.1. The first-order valence-electron chi connectivity index (χ1n) is 6.73. The molecule has 8 heteroatoms. The highest BCUT2D eigenvalue weighted by Gasteiger charge is 2.10. The molecule has 2 aromatic heterocycles. The van der Waals surface area contributed by atoms with Gasteiger partial charge in [0.1, 0.15) is 10.8 Å². The van der Waals surface area contributed by atoms with Crippen LogP contribution in [0.3, 0.4) is 0 Å². The van der Waals surface area contributed by atoms with Crippen LogP contribution >= 0.6 is 11.3 Å². The third-order valence-electron chi connectivity index (χ3n) is 3.15. The summed E-state index contributed by atoms with van der Waals surface area (Å²) in [5.74, 6) is 1.47. The SMILES string of the molecule is COc1ccc(CC(=O)NCc2nn3c(C)nnc3s2)cc1. The maximum atomic E-state index is 12.0. The zero-order valence-corrected chi connectivity index (χ0v) is 13.1. The monoisotopic (exact) mass is 317 g/mol. The lowest BCUT2D eigenvalue weighted by molar-refractivity contribution is -0.120. The number of fused-ring (bicyclic) bond motifs is 1. The highest BCUT2D eigenvalue weighted by atomic mass is 32.1. The van der Waals surface area contributed by atoms with Gasteiger partial charge in [0.25, 0.3) is 0 Å². The number of hydrogen-bond acceptors (Lipinski definition) is 6. The van der Waals surface area contributed by atoms with E-state index in [9.17, 15) is 4.79 Å². The zero-order chi connectivity index (χ0) is 15.5. The van der Waals surface area contributed by atoms with Crippen molar-refractivity contribution in [3.05, 3.63) is 40.7 Å². The predicted octanol–water partition coefficient (Wildman–Crippen LogP) is 1.36. The number of hydrogen-bond donors (Lipinski definition) is 1. The van der Waals surface area contributed by atoms with Crippen molar-refractivity contribution in [2.45, 2.75) is 19.9 Å². The molecule has 114 valence electrons. The van der Waals surface area contributed by atoms with Crippen molar-refractivity contribution in [2.75, 3.05) is 7.11 Å². The van der Waals surface area contributed by atoms with E-state index < -0.39 is 0 Å². The molecule has 0 bridgehead atoms. The maximum Gasteiger partial charge on any atom is 0.234 e. The van der Waals surface area contributed by atoms with Crippen LogP contribution in [0.25, 0.3) is 4.96 Å². The molecule has 0 saturated carbocycles. The maximum absolute atomic E-state index is 12.0. The largest absolute Gasteiger partial charge is 0.497 e. The molecular weight excluding hydrogens is 302 g/mol. The van der Waals surface area contributed by atoms with E-state index in [0.29, 0.717) is 13.0 Å². The van der Waals surface area contributed by atoms with Crippen molar-refractivity contribution in [3.8, 4) is 5.75 Å². The van der Waals surface area contributed by atoms with Gasteiger partial charge >= 0.3 is 0 Å². The lowest BCUT2D eigenvalue weighted by Crippen LogP contribution is -2.24. The van der Waals surface area contributed by atoms with Crippen molar-refractivity contribution in [1.82, 2.24) is 25.1 Å². The number of nitrogens with one attached hydrogen (secondary N) is 1. The van der Waals surface area contributed by atoms with Crippen LogP contribution in [0.5, 0.6) is 5.75 Å². The van der Waals surface area contributed by atoms with Gasteiger partial charge in [-0.05, 0) is 24.6 Å². The molecule has 2 heterocycles. The molecule has 0 saturated heterocycles. The van der Waals surface area contributed by atoms with E-state index in [1.165, 1.54) is 11.3 Å². The van der Waals surface area contributed by atoms with E-state index >= 15 is 0 Å². The van der Waals surface area contributed by atoms with Gasteiger partial charge in [0.05, 0.1) is 20.1 Å². The van der Waals surface area contributed by atoms with Crippen LogP contribution < -0.4 is 10.1 Å². The van der Waals surface area contributed by atoms with E-state index in [-0.39, 0.29) is 5.91 Å². The molecule has 0 atom stereocenters. The standard InChI is InChI=1S/C14H15N5O2S/c1-9-16-17-14-19(9)18-13(22-14)8-15-12(20)7-10-3-5-11(21-2)6-4-10/h3-6H,7-8H2,1-2H3,(H,15,20). The molecule has 0 radical (unpaired) electrons. The summed E-state index contributed by atoms with van der Waals surface area (Å²) in [5, 5.41) is 15.9. The van der Waals surface area contributed by atoms with Gasteiger partial charge < -0.3 is 10.1 Å². The van der Waals surface area contributed by atoms with Crippen LogP contribution in [0.15, 0.2) is 24.3 Å². The molecule has 3 aromatic rings. The number of amides is 1. The second-order valence-electron chi connectivity index (χ2n) is 4.74. The average Bonchev–Trinajstić information content (AvgIpc) is 3.08. The Morgan fingerprint density at radius 1 is 1.32 bits per heavy atom. The van der Waals surface area contributed by atoms with Crippen molar-refractivity contribution < 1.29 is 9.53 Å². The molecule has 1 N–H and O–H groups in total. The number of ether oxygens (including phenoxy) is 1. The zero-order valence-electron chi connectivity index (χ0n) is 12.2. The van der Waals surface area contributed by atoms with Gasteiger partial charge in [-0.25, -0.2) is 0 Å². The first-order chi connectivity index (χ1) is 10.7. The number of methoxy groups -OCH3 is 1. The first-order valence-corrected chi connectivity index (χ1v) is 7.54. The Hall–Kier alpha value is -2.48. The second-order valence-corrected chi connectivity index (χ2v) is 5.78. The van der Waals surface area contributed by atoms with Crippen molar-refractivity contribution in [1.29, 1.82) is 0 Å². The number of aromatic nitrogens is 4. The fraction of sp³-hybridized carbons (Fsp3) is 0.286.